The van der Waals surface area contributed by atoms with Crippen molar-refractivity contribution in [2.45, 2.75) is 13.1 Å². The van der Waals surface area contributed by atoms with E-state index in [1.807, 2.05) is 5.32 Å². The minimum Gasteiger partial charge on any atom is -0.396 e. The Labute approximate surface area is 129 Å². The predicted octanol–water partition coefficient (Wildman–Crippen LogP) is 2.04. The van der Waals surface area contributed by atoms with Gasteiger partial charge >= 0.3 is 18.0 Å². The maximum absolute atomic E-state index is 12.8. The number of carbonyl (C=O) groups is 2. The van der Waals surface area contributed by atoms with Crippen molar-refractivity contribution in [1.29, 1.82) is 0 Å². The molecule has 0 radical (unpaired) electrons. The van der Waals surface area contributed by atoms with E-state index in [1.165, 1.54) is 0 Å². The fraction of sp³-hybridized carbons (Fsp3) is 0.385. The molecular formula is C13H14ClF3N2O3. The molecule has 5 nitrogen and oxygen atoms in total. The van der Waals surface area contributed by atoms with Gasteiger partial charge in [-0.15, -0.1) is 0 Å². The van der Waals surface area contributed by atoms with Crippen LogP contribution in [0.4, 0.5) is 18.9 Å². The van der Waals surface area contributed by atoms with Crippen LogP contribution >= 0.6 is 11.6 Å². The zero-order valence-electron chi connectivity index (χ0n) is 11.5. The Morgan fingerprint density at radius 1 is 1.32 bits per heavy atom. The summed E-state index contributed by atoms with van der Waals surface area (Å²) in [6, 6.07) is 2.79. The highest BCUT2D eigenvalue weighted by Gasteiger charge is 2.34. The summed E-state index contributed by atoms with van der Waals surface area (Å²) in [5.41, 5.74) is -1.71. The highest BCUT2D eigenvalue weighted by molar-refractivity contribution is 6.39. The van der Waals surface area contributed by atoms with E-state index < -0.39 is 29.2 Å². The first-order chi connectivity index (χ1) is 10.1. The number of aliphatic hydroxyl groups is 1. The van der Waals surface area contributed by atoms with Gasteiger partial charge in [0.2, 0.25) is 0 Å². The van der Waals surface area contributed by atoms with Crippen LogP contribution in [0, 0.1) is 5.92 Å². The summed E-state index contributed by atoms with van der Waals surface area (Å²) in [4.78, 5) is 23.1. The zero-order valence-corrected chi connectivity index (χ0v) is 12.3. The Morgan fingerprint density at radius 2 is 1.95 bits per heavy atom. The number of nitrogens with one attached hydrogen (secondary N) is 2. The summed E-state index contributed by atoms with van der Waals surface area (Å²) in [7, 11) is 0. The number of hydrogen-bond acceptors (Lipinski definition) is 3. The maximum Gasteiger partial charge on any atom is 0.418 e. The Kier molecular flexibility index (Phi) is 6.19. The number of amides is 2. The lowest BCUT2D eigenvalue weighted by molar-refractivity contribution is -0.138. The molecule has 3 N–H and O–H groups in total. The second kappa shape index (κ2) is 7.46. The van der Waals surface area contributed by atoms with Gasteiger partial charge in [0.1, 0.15) is 0 Å². The lowest BCUT2D eigenvalue weighted by Crippen LogP contribution is -2.38. The number of aliphatic hydroxyl groups excluding tert-OH is 1. The maximum atomic E-state index is 12.8. The SMILES string of the molecule is CC(CO)CNC(=O)C(=O)Nc1ccc(Cl)cc1C(F)(F)F. The number of halogens is 4. The minimum absolute atomic E-state index is 0.0233. The molecule has 0 fully saturated rings. The number of anilines is 1. The molecule has 0 aromatic heterocycles. The van der Waals surface area contributed by atoms with Crippen molar-refractivity contribution in [2.75, 3.05) is 18.5 Å². The second-order valence-electron chi connectivity index (χ2n) is 4.64. The van der Waals surface area contributed by atoms with Gasteiger partial charge in [-0.1, -0.05) is 18.5 Å². The highest BCUT2D eigenvalue weighted by Crippen LogP contribution is 2.36. The fourth-order valence-corrected chi connectivity index (χ4v) is 1.62. The summed E-state index contributed by atoms with van der Waals surface area (Å²) in [6.07, 6.45) is -4.73. The molecule has 1 rings (SSSR count). The van der Waals surface area contributed by atoms with Gasteiger partial charge < -0.3 is 15.7 Å². The van der Waals surface area contributed by atoms with Crippen LogP contribution in [0.3, 0.4) is 0 Å². The van der Waals surface area contributed by atoms with Crippen LogP contribution in [0.15, 0.2) is 18.2 Å². The second-order valence-corrected chi connectivity index (χ2v) is 5.08. The molecule has 0 heterocycles. The van der Waals surface area contributed by atoms with Gasteiger partial charge in [0.05, 0.1) is 11.3 Å². The van der Waals surface area contributed by atoms with E-state index in [4.69, 9.17) is 16.7 Å². The molecular weight excluding hydrogens is 325 g/mol. The highest BCUT2D eigenvalue weighted by atomic mass is 35.5. The molecule has 0 spiro atoms. The van der Waals surface area contributed by atoms with Gasteiger partial charge in [-0.05, 0) is 24.1 Å². The zero-order chi connectivity index (χ0) is 16.9. The molecule has 1 aromatic rings. The van der Waals surface area contributed by atoms with Crippen molar-refractivity contribution in [1.82, 2.24) is 5.32 Å². The van der Waals surface area contributed by atoms with Crippen molar-refractivity contribution >= 4 is 29.1 Å². The van der Waals surface area contributed by atoms with Gasteiger partial charge in [0.25, 0.3) is 0 Å². The average Bonchev–Trinajstić information content (AvgIpc) is 2.44. The molecule has 1 aromatic carbocycles. The van der Waals surface area contributed by atoms with Crippen LogP contribution in [0.25, 0.3) is 0 Å². The quantitative estimate of drug-likeness (QED) is 0.735. The van der Waals surface area contributed by atoms with Crippen LogP contribution < -0.4 is 10.6 Å². The van der Waals surface area contributed by atoms with E-state index >= 15 is 0 Å². The first kappa shape index (κ1) is 18.2. The number of hydrogen-bond donors (Lipinski definition) is 3. The van der Waals surface area contributed by atoms with Gasteiger partial charge in [0, 0.05) is 18.2 Å². The predicted molar refractivity (Wildman–Crippen MR) is 74.3 cm³/mol. The van der Waals surface area contributed by atoms with E-state index in [0.717, 1.165) is 12.1 Å². The normalized spacial score (nSPS) is 12.6. The van der Waals surface area contributed by atoms with E-state index in [-0.39, 0.29) is 24.1 Å². The molecule has 0 saturated heterocycles. The van der Waals surface area contributed by atoms with Gasteiger partial charge in [-0.2, -0.15) is 13.2 Å². The first-order valence-corrected chi connectivity index (χ1v) is 6.59. The molecule has 0 aliphatic rings. The molecule has 0 bridgehead atoms. The third kappa shape index (κ3) is 5.19. The van der Waals surface area contributed by atoms with E-state index in [1.54, 1.807) is 6.92 Å². The molecule has 122 valence electrons. The summed E-state index contributed by atoms with van der Waals surface area (Å²) in [5, 5.41) is 12.7. The minimum atomic E-state index is -4.73. The Hall–Kier alpha value is -1.80. The van der Waals surface area contributed by atoms with E-state index in [9.17, 15) is 22.8 Å². The summed E-state index contributed by atoms with van der Waals surface area (Å²) < 4.78 is 38.5. The molecule has 0 aliphatic carbocycles. The molecule has 0 aliphatic heterocycles. The van der Waals surface area contributed by atoms with Crippen LogP contribution in [0.1, 0.15) is 12.5 Å². The molecule has 22 heavy (non-hydrogen) atoms. The van der Waals surface area contributed by atoms with Crippen LogP contribution in [0.2, 0.25) is 5.02 Å². The fourth-order valence-electron chi connectivity index (χ4n) is 1.45. The number of benzene rings is 1. The van der Waals surface area contributed by atoms with Crippen molar-refractivity contribution in [3.8, 4) is 0 Å². The Bertz CT molecular complexity index is 564. The lowest BCUT2D eigenvalue weighted by atomic mass is 10.1. The molecule has 9 heteroatoms. The topological polar surface area (TPSA) is 78.4 Å². The Balaban J connectivity index is 2.82. The molecule has 2 amide bonds. The van der Waals surface area contributed by atoms with Gasteiger partial charge in [0.15, 0.2) is 0 Å². The lowest BCUT2D eigenvalue weighted by Gasteiger charge is -2.14. The summed E-state index contributed by atoms with van der Waals surface area (Å²) >= 11 is 5.51. The van der Waals surface area contributed by atoms with Crippen molar-refractivity contribution in [3.63, 3.8) is 0 Å². The summed E-state index contributed by atoms with van der Waals surface area (Å²) in [5.74, 6) is -2.61. The first-order valence-electron chi connectivity index (χ1n) is 6.22. The van der Waals surface area contributed by atoms with Gasteiger partial charge in [-0.3, -0.25) is 9.59 Å². The molecule has 1 atom stereocenters. The average molecular weight is 339 g/mol. The van der Waals surface area contributed by atoms with Crippen molar-refractivity contribution < 1.29 is 27.9 Å². The standard InChI is InChI=1S/C13H14ClF3N2O3/c1-7(6-20)5-18-11(21)12(22)19-10-3-2-8(14)4-9(10)13(15,16)17/h2-4,7,20H,5-6H2,1H3,(H,18,21)(H,19,22). The van der Waals surface area contributed by atoms with Crippen LogP contribution in [-0.2, 0) is 15.8 Å². The van der Waals surface area contributed by atoms with Gasteiger partial charge in [-0.25, -0.2) is 0 Å². The monoisotopic (exact) mass is 338 g/mol. The molecule has 0 saturated carbocycles. The molecule has 1 unspecified atom stereocenters. The largest absolute Gasteiger partial charge is 0.418 e. The third-order valence-electron chi connectivity index (χ3n) is 2.66. The number of rotatable bonds is 4. The van der Waals surface area contributed by atoms with Crippen LogP contribution in [-0.4, -0.2) is 30.1 Å². The number of alkyl halides is 3. The van der Waals surface area contributed by atoms with Crippen molar-refractivity contribution in [3.05, 3.63) is 28.8 Å². The summed E-state index contributed by atoms with van der Waals surface area (Å²) in [6.45, 7) is 1.45. The number of carbonyl (C=O) groups excluding carboxylic acids is 2. The smallest absolute Gasteiger partial charge is 0.396 e. The Morgan fingerprint density at radius 3 is 2.50 bits per heavy atom. The van der Waals surface area contributed by atoms with E-state index in [0.29, 0.717) is 6.07 Å². The third-order valence-corrected chi connectivity index (χ3v) is 2.90. The van der Waals surface area contributed by atoms with Crippen LogP contribution in [0.5, 0.6) is 0 Å². The van der Waals surface area contributed by atoms with Crippen molar-refractivity contribution in [2.24, 2.45) is 5.92 Å². The van der Waals surface area contributed by atoms with E-state index in [2.05, 4.69) is 5.32 Å².